The van der Waals surface area contributed by atoms with Crippen LogP contribution in [0.25, 0.3) is 0 Å². The van der Waals surface area contributed by atoms with Gasteiger partial charge >= 0.3 is 5.97 Å². The molecule has 2 heterocycles. The van der Waals surface area contributed by atoms with E-state index >= 15 is 0 Å². The summed E-state index contributed by atoms with van der Waals surface area (Å²) in [4.78, 5) is 25.1. The second-order valence-corrected chi connectivity index (χ2v) is 7.19. The van der Waals surface area contributed by atoms with E-state index in [9.17, 15) is 9.59 Å². The van der Waals surface area contributed by atoms with Crippen LogP contribution in [0.5, 0.6) is 0 Å². The second kappa shape index (κ2) is 8.70. The maximum atomic E-state index is 11.7. The number of unbranched alkanes of at least 4 members (excludes halogenated alkanes) is 2. The third kappa shape index (κ3) is 5.61. The van der Waals surface area contributed by atoms with E-state index in [1.165, 1.54) is 16.2 Å². The molecule has 2 rings (SSSR count). The van der Waals surface area contributed by atoms with Crippen LogP contribution in [0, 0.1) is 0 Å². The Morgan fingerprint density at radius 2 is 1.95 bits per heavy atom. The summed E-state index contributed by atoms with van der Waals surface area (Å²) in [7, 11) is 0. The molecule has 2 aromatic rings. The Bertz CT molecular complexity index is 605. The summed E-state index contributed by atoms with van der Waals surface area (Å²) >= 11 is 2.98. The van der Waals surface area contributed by atoms with Gasteiger partial charge in [-0.2, -0.15) is 0 Å². The van der Waals surface area contributed by atoms with Gasteiger partial charge in [0.2, 0.25) is 5.91 Å². The molecule has 22 heavy (non-hydrogen) atoms. The molecular weight excluding hydrogens is 318 g/mol. The molecule has 0 radical (unpaired) electrons. The molecule has 0 saturated heterocycles. The first kappa shape index (κ1) is 16.7. The Kier molecular flexibility index (Phi) is 6.61. The third-order valence-electron chi connectivity index (χ3n) is 3.24. The Labute approximate surface area is 137 Å². The topological polar surface area (TPSA) is 66.4 Å². The second-order valence-electron chi connectivity index (χ2n) is 4.99. The highest BCUT2D eigenvalue weighted by molar-refractivity contribution is 7.13. The van der Waals surface area contributed by atoms with Gasteiger partial charge in [-0.05, 0) is 42.8 Å². The van der Waals surface area contributed by atoms with Gasteiger partial charge in [0, 0.05) is 16.2 Å². The third-order valence-corrected chi connectivity index (χ3v) is 5.25. The molecule has 2 N–H and O–H groups in total. The zero-order chi connectivity index (χ0) is 15.8. The molecule has 0 aliphatic heterocycles. The van der Waals surface area contributed by atoms with Crippen LogP contribution in [0.4, 0.5) is 0 Å². The number of carbonyl (C=O) groups excluding carboxylic acids is 1. The van der Waals surface area contributed by atoms with Crippen molar-refractivity contribution in [2.24, 2.45) is 0 Å². The van der Waals surface area contributed by atoms with Gasteiger partial charge in [-0.25, -0.2) is 4.79 Å². The molecule has 2 aromatic heterocycles. The Morgan fingerprint density at radius 1 is 1.09 bits per heavy atom. The predicted octanol–water partition coefficient (Wildman–Crippen LogP) is 3.93. The number of carboxylic acid groups (broad SMARTS) is 1. The van der Waals surface area contributed by atoms with Crippen molar-refractivity contribution >= 4 is 34.6 Å². The van der Waals surface area contributed by atoms with Gasteiger partial charge in [-0.3, -0.25) is 4.79 Å². The van der Waals surface area contributed by atoms with E-state index in [4.69, 9.17) is 5.11 Å². The average molecular weight is 337 g/mol. The normalized spacial score (nSPS) is 10.5. The van der Waals surface area contributed by atoms with E-state index in [1.54, 1.807) is 23.5 Å². The molecule has 0 atom stereocenters. The number of nitrogens with one attached hydrogen (secondary N) is 1. The molecule has 0 spiro atoms. The van der Waals surface area contributed by atoms with Crippen LogP contribution in [-0.2, 0) is 17.8 Å². The van der Waals surface area contributed by atoms with Crippen LogP contribution < -0.4 is 5.32 Å². The summed E-state index contributed by atoms with van der Waals surface area (Å²) in [5.74, 6) is -0.894. The van der Waals surface area contributed by atoms with Crippen molar-refractivity contribution in [1.82, 2.24) is 5.32 Å². The van der Waals surface area contributed by atoms with Crippen molar-refractivity contribution in [3.8, 4) is 0 Å². The van der Waals surface area contributed by atoms with Crippen LogP contribution in [0.1, 0.15) is 45.1 Å². The minimum absolute atomic E-state index is 0.0291. The fourth-order valence-electron chi connectivity index (χ4n) is 2.08. The van der Waals surface area contributed by atoms with Crippen molar-refractivity contribution in [3.05, 3.63) is 44.3 Å². The highest BCUT2D eigenvalue weighted by atomic mass is 32.1. The Balaban J connectivity index is 1.56. The van der Waals surface area contributed by atoms with Crippen LogP contribution >= 0.6 is 22.7 Å². The molecule has 0 saturated carbocycles. The van der Waals surface area contributed by atoms with E-state index in [0.29, 0.717) is 17.8 Å². The number of rotatable bonds is 9. The Hall–Kier alpha value is -1.66. The van der Waals surface area contributed by atoms with E-state index in [0.717, 1.165) is 30.6 Å². The smallest absolute Gasteiger partial charge is 0.345 e. The van der Waals surface area contributed by atoms with Crippen molar-refractivity contribution in [2.45, 2.75) is 38.6 Å². The number of carboxylic acids is 1. The molecule has 6 heteroatoms. The summed E-state index contributed by atoms with van der Waals surface area (Å²) in [5.41, 5.74) is 0. The number of hydrogen-bond acceptors (Lipinski definition) is 4. The fraction of sp³-hybridized carbons (Fsp3) is 0.375. The van der Waals surface area contributed by atoms with E-state index < -0.39 is 5.97 Å². The highest BCUT2D eigenvalue weighted by Gasteiger charge is 2.08. The number of aromatic carboxylic acids is 1. The standard InChI is InChI=1S/C16H19NO3S2/c18-15(7-3-1-2-5-12-6-4-10-21-12)17-11-13-8-9-14(22-13)16(19)20/h4,6,8-10H,1-3,5,7,11H2,(H,17,18)(H,19,20). The molecule has 4 nitrogen and oxygen atoms in total. The number of aryl methyl sites for hydroxylation is 1. The fourth-order valence-corrected chi connectivity index (χ4v) is 3.62. The van der Waals surface area contributed by atoms with Gasteiger partial charge in [-0.1, -0.05) is 12.5 Å². The first-order valence-electron chi connectivity index (χ1n) is 7.26. The van der Waals surface area contributed by atoms with Gasteiger partial charge < -0.3 is 10.4 Å². The first-order chi connectivity index (χ1) is 10.6. The Morgan fingerprint density at radius 3 is 2.64 bits per heavy atom. The van der Waals surface area contributed by atoms with Gasteiger partial charge in [0.15, 0.2) is 0 Å². The summed E-state index contributed by atoms with van der Waals surface area (Å²) in [6.45, 7) is 0.409. The molecular formula is C16H19NO3S2. The minimum atomic E-state index is -0.923. The minimum Gasteiger partial charge on any atom is -0.477 e. The van der Waals surface area contributed by atoms with Crippen molar-refractivity contribution in [2.75, 3.05) is 0 Å². The lowest BCUT2D eigenvalue weighted by Crippen LogP contribution is -2.21. The summed E-state index contributed by atoms with van der Waals surface area (Å²) < 4.78 is 0. The van der Waals surface area contributed by atoms with Gasteiger partial charge in [0.05, 0.1) is 6.54 Å². The van der Waals surface area contributed by atoms with Gasteiger partial charge in [0.1, 0.15) is 4.88 Å². The van der Waals surface area contributed by atoms with Gasteiger partial charge in [0.25, 0.3) is 0 Å². The molecule has 118 valence electrons. The largest absolute Gasteiger partial charge is 0.477 e. The zero-order valence-electron chi connectivity index (χ0n) is 12.2. The molecule has 0 aliphatic rings. The maximum Gasteiger partial charge on any atom is 0.345 e. The highest BCUT2D eigenvalue weighted by Crippen LogP contribution is 2.16. The van der Waals surface area contributed by atoms with Crippen molar-refractivity contribution in [1.29, 1.82) is 0 Å². The van der Waals surface area contributed by atoms with E-state index in [2.05, 4.69) is 22.8 Å². The lowest BCUT2D eigenvalue weighted by molar-refractivity contribution is -0.121. The average Bonchev–Trinajstić information content (AvgIpc) is 3.16. The van der Waals surface area contributed by atoms with Crippen molar-refractivity contribution in [3.63, 3.8) is 0 Å². The van der Waals surface area contributed by atoms with Crippen LogP contribution in [0.2, 0.25) is 0 Å². The predicted molar refractivity (Wildman–Crippen MR) is 89.6 cm³/mol. The van der Waals surface area contributed by atoms with Crippen LogP contribution in [0.3, 0.4) is 0 Å². The molecule has 0 aromatic carbocycles. The van der Waals surface area contributed by atoms with Crippen LogP contribution in [-0.4, -0.2) is 17.0 Å². The lowest BCUT2D eigenvalue weighted by Gasteiger charge is -2.03. The monoisotopic (exact) mass is 337 g/mol. The molecule has 1 amide bonds. The quantitative estimate of drug-likeness (QED) is 0.681. The summed E-state index contributed by atoms with van der Waals surface area (Å²) in [5, 5.41) is 13.8. The van der Waals surface area contributed by atoms with Gasteiger partial charge in [-0.15, -0.1) is 22.7 Å². The summed E-state index contributed by atoms with van der Waals surface area (Å²) in [6, 6.07) is 7.52. The number of carbonyl (C=O) groups is 2. The lowest BCUT2D eigenvalue weighted by atomic mass is 10.1. The molecule has 0 fully saturated rings. The molecule has 0 aliphatic carbocycles. The summed E-state index contributed by atoms with van der Waals surface area (Å²) in [6.07, 6.45) is 4.67. The van der Waals surface area contributed by atoms with Crippen molar-refractivity contribution < 1.29 is 14.7 Å². The number of thiophene rings is 2. The zero-order valence-corrected chi connectivity index (χ0v) is 13.8. The van der Waals surface area contributed by atoms with E-state index in [-0.39, 0.29) is 5.91 Å². The maximum absolute atomic E-state index is 11.7. The number of amides is 1. The number of hydrogen-bond donors (Lipinski definition) is 2. The van der Waals surface area contributed by atoms with Crippen LogP contribution in [0.15, 0.2) is 29.6 Å². The SMILES string of the molecule is O=C(CCCCCc1cccs1)NCc1ccc(C(=O)O)s1. The van der Waals surface area contributed by atoms with E-state index in [1.807, 2.05) is 0 Å². The molecule has 0 unspecified atom stereocenters. The molecule has 0 bridgehead atoms. The first-order valence-corrected chi connectivity index (χ1v) is 8.96.